The summed E-state index contributed by atoms with van der Waals surface area (Å²) in [6.07, 6.45) is 0. The lowest BCUT2D eigenvalue weighted by molar-refractivity contribution is 0.709. The van der Waals surface area contributed by atoms with Crippen LogP contribution in [0.4, 0.5) is 0 Å². The fourth-order valence-electron chi connectivity index (χ4n) is 6.51. The maximum Gasteiger partial charge on any atom is 0.0735 e. The Morgan fingerprint density at radius 1 is 0.432 bits per heavy atom. The molecule has 174 valence electrons. The minimum Gasteiger partial charge on any atom is -0.0894 e. The summed E-state index contributed by atoms with van der Waals surface area (Å²) in [6, 6.07) is 47.4. The van der Waals surface area contributed by atoms with E-state index < -0.39 is 5.41 Å². The van der Waals surface area contributed by atoms with Crippen LogP contribution in [0.1, 0.15) is 22.3 Å². The van der Waals surface area contributed by atoms with Crippen LogP contribution in [0.25, 0.3) is 33.0 Å². The number of hydrogen-bond donors (Lipinski definition) is 0. The number of fused-ring (bicyclic) bond motifs is 12. The highest BCUT2D eigenvalue weighted by Crippen LogP contribution is 2.61. The molecule has 0 bridgehead atoms. The standard InChI is InChI=1S/C35H21BrS/c36-24-17-18-28-26-12-4-3-11-25(26)27-13-5-6-14-29(27)35(31(28)21-24)30-15-7-8-16-33(30)37-34-20-23-10-2-1-9-22(23)19-32(34)35/h1-21H. The number of halogens is 1. The topological polar surface area (TPSA) is 0 Å². The fourth-order valence-corrected chi connectivity index (χ4v) is 8.09. The summed E-state index contributed by atoms with van der Waals surface area (Å²) in [7, 11) is 0. The molecule has 6 aromatic carbocycles. The van der Waals surface area contributed by atoms with E-state index >= 15 is 0 Å². The van der Waals surface area contributed by atoms with Crippen molar-refractivity contribution in [3.8, 4) is 22.3 Å². The zero-order valence-corrected chi connectivity index (χ0v) is 22.3. The predicted octanol–water partition coefficient (Wildman–Crippen LogP) is 10.1. The van der Waals surface area contributed by atoms with Gasteiger partial charge in [-0.25, -0.2) is 0 Å². The van der Waals surface area contributed by atoms with Crippen molar-refractivity contribution in [1.82, 2.24) is 0 Å². The van der Waals surface area contributed by atoms with E-state index in [1.807, 2.05) is 11.8 Å². The van der Waals surface area contributed by atoms with Gasteiger partial charge in [-0.05, 0) is 85.6 Å². The zero-order chi connectivity index (χ0) is 24.6. The van der Waals surface area contributed by atoms with Crippen molar-refractivity contribution in [3.05, 3.63) is 154 Å². The molecular formula is C35H21BrS. The zero-order valence-electron chi connectivity index (χ0n) is 19.9. The monoisotopic (exact) mass is 552 g/mol. The van der Waals surface area contributed by atoms with E-state index in [4.69, 9.17) is 0 Å². The molecule has 37 heavy (non-hydrogen) atoms. The van der Waals surface area contributed by atoms with Gasteiger partial charge >= 0.3 is 0 Å². The van der Waals surface area contributed by atoms with E-state index in [2.05, 4.69) is 143 Å². The minimum atomic E-state index is -0.462. The first kappa shape index (κ1) is 21.5. The van der Waals surface area contributed by atoms with Gasteiger partial charge in [-0.3, -0.25) is 0 Å². The molecule has 1 unspecified atom stereocenters. The molecule has 0 nitrogen and oxygen atoms in total. The molecule has 0 aromatic heterocycles. The average Bonchev–Trinajstić information content (AvgIpc) is 3.04. The molecular weight excluding hydrogens is 532 g/mol. The van der Waals surface area contributed by atoms with E-state index in [1.165, 1.54) is 65.1 Å². The fraction of sp³-hybridized carbons (Fsp3) is 0.0286. The van der Waals surface area contributed by atoms with Gasteiger partial charge in [-0.2, -0.15) is 0 Å². The third-order valence-corrected chi connectivity index (χ3v) is 9.61. The van der Waals surface area contributed by atoms with Gasteiger partial charge < -0.3 is 0 Å². The Kier molecular flexibility index (Phi) is 4.62. The molecule has 1 atom stereocenters. The summed E-state index contributed by atoms with van der Waals surface area (Å²) in [4.78, 5) is 2.64. The van der Waals surface area contributed by atoms with E-state index in [0.717, 1.165) is 4.47 Å². The van der Waals surface area contributed by atoms with Gasteiger partial charge in [0, 0.05) is 14.3 Å². The largest absolute Gasteiger partial charge is 0.0894 e. The highest BCUT2D eigenvalue weighted by Gasteiger charge is 2.48. The normalized spacial score (nSPS) is 16.8. The van der Waals surface area contributed by atoms with Gasteiger partial charge in [0.25, 0.3) is 0 Å². The van der Waals surface area contributed by atoms with Crippen LogP contribution in [-0.4, -0.2) is 0 Å². The van der Waals surface area contributed by atoms with Crippen LogP contribution >= 0.6 is 27.7 Å². The molecule has 0 amide bonds. The van der Waals surface area contributed by atoms with Crippen LogP contribution in [0.2, 0.25) is 0 Å². The Balaban J connectivity index is 1.66. The molecule has 8 rings (SSSR count). The van der Waals surface area contributed by atoms with Gasteiger partial charge in [0.05, 0.1) is 5.41 Å². The summed E-state index contributed by atoms with van der Waals surface area (Å²) >= 11 is 5.76. The lowest BCUT2D eigenvalue weighted by atomic mass is 9.63. The van der Waals surface area contributed by atoms with Crippen LogP contribution in [0.15, 0.2) is 142 Å². The molecule has 1 spiro atoms. The van der Waals surface area contributed by atoms with Crippen LogP contribution in [0.3, 0.4) is 0 Å². The lowest BCUT2D eigenvalue weighted by Crippen LogP contribution is -2.34. The van der Waals surface area contributed by atoms with Crippen LogP contribution < -0.4 is 0 Å². The van der Waals surface area contributed by atoms with Crippen molar-refractivity contribution < 1.29 is 0 Å². The molecule has 0 N–H and O–H groups in total. The Bertz CT molecular complexity index is 1890. The van der Waals surface area contributed by atoms with Crippen molar-refractivity contribution in [2.45, 2.75) is 15.2 Å². The van der Waals surface area contributed by atoms with Crippen molar-refractivity contribution in [2.75, 3.05) is 0 Å². The summed E-state index contributed by atoms with van der Waals surface area (Å²) in [5, 5.41) is 2.55. The smallest absolute Gasteiger partial charge is 0.0735 e. The van der Waals surface area contributed by atoms with Gasteiger partial charge in [0.2, 0.25) is 0 Å². The molecule has 0 saturated heterocycles. The third kappa shape index (κ3) is 2.91. The van der Waals surface area contributed by atoms with Crippen molar-refractivity contribution >= 4 is 38.5 Å². The second kappa shape index (κ2) is 7.95. The van der Waals surface area contributed by atoms with Gasteiger partial charge in [0.1, 0.15) is 0 Å². The lowest BCUT2D eigenvalue weighted by Gasteiger charge is -2.43. The number of benzene rings is 6. The molecule has 0 saturated carbocycles. The maximum atomic E-state index is 3.86. The molecule has 0 radical (unpaired) electrons. The van der Waals surface area contributed by atoms with Gasteiger partial charge in [-0.1, -0.05) is 125 Å². The maximum absolute atomic E-state index is 3.86. The highest BCUT2D eigenvalue weighted by atomic mass is 79.9. The van der Waals surface area contributed by atoms with Gasteiger partial charge in [0.15, 0.2) is 0 Å². The summed E-state index contributed by atoms with van der Waals surface area (Å²) in [5.74, 6) is 0. The molecule has 1 aliphatic heterocycles. The van der Waals surface area contributed by atoms with Crippen LogP contribution in [0, 0.1) is 0 Å². The molecule has 1 aliphatic carbocycles. The van der Waals surface area contributed by atoms with Crippen molar-refractivity contribution in [2.24, 2.45) is 0 Å². The molecule has 1 heterocycles. The Hall–Kier alpha value is -3.59. The molecule has 2 heteroatoms. The van der Waals surface area contributed by atoms with E-state index in [9.17, 15) is 0 Å². The SMILES string of the molecule is Brc1ccc2c(c1)C1(c3ccccc3Sc3cc4ccccc4cc31)c1ccccc1-c1ccccc1-2. The second-order valence-electron chi connectivity index (χ2n) is 9.82. The number of hydrogen-bond acceptors (Lipinski definition) is 1. The third-order valence-electron chi connectivity index (χ3n) is 7.99. The summed E-state index contributed by atoms with van der Waals surface area (Å²) in [5.41, 5.74) is 10.1. The number of rotatable bonds is 0. The van der Waals surface area contributed by atoms with E-state index in [0.29, 0.717) is 0 Å². The van der Waals surface area contributed by atoms with Crippen LogP contribution in [0.5, 0.6) is 0 Å². The van der Waals surface area contributed by atoms with E-state index in [-0.39, 0.29) is 0 Å². The second-order valence-corrected chi connectivity index (χ2v) is 11.8. The minimum absolute atomic E-state index is 0.462. The Labute approximate surface area is 229 Å². The summed E-state index contributed by atoms with van der Waals surface area (Å²) in [6.45, 7) is 0. The Morgan fingerprint density at radius 3 is 1.81 bits per heavy atom. The van der Waals surface area contributed by atoms with Crippen LogP contribution in [-0.2, 0) is 5.41 Å². The molecule has 6 aromatic rings. The Morgan fingerprint density at radius 2 is 1.03 bits per heavy atom. The predicted molar refractivity (Wildman–Crippen MR) is 159 cm³/mol. The first-order valence-corrected chi connectivity index (χ1v) is 14.2. The first-order valence-electron chi connectivity index (χ1n) is 12.5. The molecule has 2 aliphatic rings. The summed E-state index contributed by atoms with van der Waals surface area (Å²) < 4.78 is 1.10. The van der Waals surface area contributed by atoms with Crippen molar-refractivity contribution in [1.29, 1.82) is 0 Å². The quantitative estimate of drug-likeness (QED) is 0.180. The average molecular weight is 554 g/mol. The van der Waals surface area contributed by atoms with Crippen molar-refractivity contribution in [3.63, 3.8) is 0 Å². The molecule has 0 fully saturated rings. The first-order chi connectivity index (χ1) is 18.2. The highest BCUT2D eigenvalue weighted by molar-refractivity contribution is 9.10. The van der Waals surface area contributed by atoms with Gasteiger partial charge in [-0.15, -0.1) is 0 Å². The van der Waals surface area contributed by atoms with E-state index in [1.54, 1.807) is 0 Å².